The minimum Gasteiger partial charge on any atom is -0.353 e. The number of rotatable bonds is 8. The number of amides is 2. The van der Waals surface area contributed by atoms with Crippen LogP contribution in [0.25, 0.3) is 0 Å². The number of thiophene rings is 1. The predicted molar refractivity (Wildman–Crippen MR) is 111 cm³/mol. The summed E-state index contributed by atoms with van der Waals surface area (Å²) >= 11 is 1.62. The summed E-state index contributed by atoms with van der Waals surface area (Å²) in [6.07, 6.45) is 1.79. The van der Waals surface area contributed by atoms with Gasteiger partial charge in [-0.1, -0.05) is 19.1 Å². The number of nitrogens with zero attached hydrogens (tertiary/aromatic N) is 4. The van der Waals surface area contributed by atoms with E-state index in [4.69, 9.17) is 0 Å². The van der Waals surface area contributed by atoms with Gasteiger partial charge in [0.15, 0.2) is 0 Å². The molecule has 0 atom stereocenters. The van der Waals surface area contributed by atoms with Crippen molar-refractivity contribution in [1.29, 1.82) is 0 Å². The van der Waals surface area contributed by atoms with E-state index in [-0.39, 0.29) is 24.9 Å². The van der Waals surface area contributed by atoms with Crippen LogP contribution < -0.4 is 10.2 Å². The van der Waals surface area contributed by atoms with Crippen molar-refractivity contribution >= 4 is 29.0 Å². The third kappa shape index (κ3) is 5.77. The van der Waals surface area contributed by atoms with Gasteiger partial charge < -0.3 is 15.1 Å². The molecular formula is C20H27N5O2S. The Labute approximate surface area is 170 Å². The lowest BCUT2D eigenvalue weighted by atomic mass is 10.3. The molecule has 0 aliphatic carbocycles. The molecule has 1 N–H and O–H groups in total. The number of nitrogens with one attached hydrogen (secondary N) is 1. The quantitative estimate of drug-likeness (QED) is 0.725. The zero-order valence-electron chi connectivity index (χ0n) is 16.2. The molecule has 0 spiro atoms. The van der Waals surface area contributed by atoms with Gasteiger partial charge in [-0.3, -0.25) is 14.5 Å². The summed E-state index contributed by atoms with van der Waals surface area (Å²) in [7, 11) is 0. The Balaban J connectivity index is 1.42. The largest absolute Gasteiger partial charge is 0.353 e. The first-order valence-corrected chi connectivity index (χ1v) is 10.5. The van der Waals surface area contributed by atoms with Crippen LogP contribution in [0.15, 0.2) is 41.9 Å². The number of likely N-dealkylation sites (N-methyl/N-ethyl adjacent to an activating group) is 1. The van der Waals surface area contributed by atoms with Crippen LogP contribution in [0.1, 0.15) is 11.8 Å². The van der Waals surface area contributed by atoms with Crippen LogP contribution in [0.3, 0.4) is 0 Å². The average Bonchev–Trinajstić information content (AvgIpc) is 3.26. The van der Waals surface area contributed by atoms with Gasteiger partial charge in [0, 0.05) is 37.3 Å². The molecule has 150 valence electrons. The molecule has 0 aromatic carbocycles. The molecule has 3 rings (SSSR count). The predicted octanol–water partition coefficient (Wildman–Crippen LogP) is 1.43. The Morgan fingerprint density at radius 1 is 1.14 bits per heavy atom. The number of anilines is 1. The molecule has 1 aliphatic heterocycles. The SMILES string of the molecule is CCN(CC(=O)NCc1cccs1)CC(=O)N1CCN(c2ccccn2)CC1. The molecule has 0 bridgehead atoms. The molecule has 2 amide bonds. The molecule has 28 heavy (non-hydrogen) atoms. The molecular weight excluding hydrogens is 374 g/mol. The van der Waals surface area contributed by atoms with Gasteiger partial charge in [-0.2, -0.15) is 0 Å². The van der Waals surface area contributed by atoms with Crippen molar-refractivity contribution in [1.82, 2.24) is 20.1 Å². The van der Waals surface area contributed by atoms with Gasteiger partial charge in [-0.05, 0) is 30.1 Å². The first kappa shape index (κ1) is 20.3. The van der Waals surface area contributed by atoms with E-state index in [2.05, 4.69) is 15.2 Å². The van der Waals surface area contributed by atoms with Crippen LogP contribution in [-0.4, -0.2) is 72.4 Å². The Morgan fingerprint density at radius 3 is 2.61 bits per heavy atom. The Kier molecular flexibility index (Phi) is 7.39. The van der Waals surface area contributed by atoms with Gasteiger partial charge in [0.2, 0.25) is 11.8 Å². The van der Waals surface area contributed by atoms with E-state index < -0.39 is 0 Å². The van der Waals surface area contributed by atoms with Gasteiger partial charge >= 0.3 is 0 Å². The summed E-state index contributed by atoms with van der Waals surface area (Å²) < 4.78 is 0. The van der Waals surface area contributed by atoms with Crippen LogP contribution in [0.5, 0.6) is 0 Å². The van der Waals surface area contributed by atoms with Crippen molar-refractivity contribution in [3.8, 4) is 0 Å². The van der Waals surface area contributed by atoms with Crippen LogP contribution >= 0.6 is 11.3 Å². The average molecular weight is 402 g/mol. The molecule has 3 heterocycles. The van der Waals surface area contributed by atoms with Crippen molar-refractivity contribution < 1.29 is 9.59 Å². The number of hydrogen-bond donors (Lipinski definition) is 1. The van der Waals surface area contributed by atoms with E-state index in [0.29, 0.717) is 26.2 Å². The minimum atomic E-state index is -0.0528. The summed E-state index contributed by atoms with van der Waals surface area (Å²) in [6, 6.07) is 9.83. The van der Waals surface area contributed by atoms with Crippen LogP contribution in [-0.2, 0) is 16.1 Å². The number of pyridine rings is 1. The minimum absolute atomic E-state index is 0.0528. The molecule has 7 nitrogen and oxygen atoms in total. The van der Waals surface area contributed by atoms with E-state index in [0.717, 1.165) is 23.8 Å². The number of carbonyl (C=O) groups is 2. The highest BCUT2D eigenvalue weighted by molar-refractivity contribution is 7.09. The van der Waals surface area contributed by atoms with Crippen molar-refractivity contribution in [2.24, 2.45) is 0 Å². The maximum atomic E-state index is 12.7. The Bertz CT molecular complexity index is 745. The number of hydrogen-bond acceptors (Lipinski definition) is 6. The zero-order chi connectivity index (χ0) is 19.8. The molecule has 1 aliphatic rings. The summed E-state index contributed by atoms with van der Waals surface area (Å²) in [5.74, 6) is 0.976. The highest BCUT2D eigenvalue weighted by atomic mass is 32.1. The number of carbonyl (C=O) groups excluding carboxylic acids is 2. The number of aromatic nitrogens is 1. The topological polar surface area (TPSA) is 68.8 Å². The maximum absolute atomic E-state index is 12.7. The summed E-state index contributed by atoms with van der Waals surface area (Å²) in [5.41, 5.74) is 0. The van der Waals surface area contributed by atoms with E-state index in [1.165, 1.54) is 0 Å². The zero-order valence-corrected chi connectivity index (χ0v) is 17.0. The fourth-order valence-electron chi connectivity index (χ4n) is 3.15. The monoisotopic (exact) mass is 401 g/mol. The van der Waals surface area contributed by atoms with Crippen molar-refractivity contribution in [2.75, 3.05) is 50.7 Å². The normalized spacial score (nSPS) is 14.4. The van der Waals surface area contributed by atoms with Crippen LogP contribution in [0, 0.1) is 0 Å². The second-order valence-electron chi connectivity index (χ2n) is 6.72. The summed E-state index contributed by atoms with van der Waals surface area (Å²) in [5, 5.41) is 4.91. The summed E-state index contributed by atoms with van der Waals surface area (Å²) in [6.45, 7) is 6.58. The van der Waals surface area contributed by atoms with Gasteiger partial charge in [0.25, 0.3) is 0 Å². The van der Waals surface area contributed by atoms with Gasteiger partial charge in [0.1, 0.15) is 5.82 Å². The lowest BCUT2D eigenvalue weighted by Gasteiger charge is -2.36. The molecule has 1 fully saturated rings. The van der Waals surface area contributed by atoms with Crippen LogP contribution in [0.2, 0.25) is 0 Å². The van der Waals surface area contributed by atoms with E-state index in [1.807, 2.05) is 52.4 Å². The fourth-order valence-corrected chi connectivity index (χ4v) is 3.80. The first-order chi connectivity index (χ1) is 13.7. The van der Waals surface area contributed by atoms with E-state index in [1.54, 1.807) is 17.5 Å². The van der Waals surface area contributed by atoms with Crippen molar-refractivity contribution in [3.05, 3.63) is 46.8 Å². The molecule has 2 aromatic heterocycles. The maximum Gasteiger partial charge on any atom is 0.236 e. The molecule has 0 radical (unpaired) electrons. The second kappa shape index (κ2) is 10.2. The third-order valence-corrected chi connectivity index (χ3v) is 5.70. The first-order valence-electron chi connectivity index (χ1n) is 9.61. The van der Waals surface area contributed by atoms with Gasteiger partial charge in [-0.25, -0.2) is 4.98 Å². The van der Waals surface area contributed by atoms with Crippen molar-refractivity contribution in [3.63, 3.8) is 0 Å². The lowest BCUT2D eigenvalue weighted by Crippen LogP contribution is -2.52. The van der Waals surface area contributed by atoms with E-state index >= 15 is 0 Å². The molecule has 8 heteroatoms. The molecule has 0 unspecified atom stereocenters. The lowest BCUT2D eigenvalue weighted by molar-refractivity contribution is -0.133. The van der Waals surface area contributed by atoms with Gasteiger partial charge in [0.05, 0.1) is 19.6 Å². The molecule has 0 saturated carbocycles. The second-order valence-corrected chi connectivity index (χ2v) is 7.75. The van der Waals surface area contributed by atoms with Crippen LogP contribution in [0.4, 0.5) is 5.82 Å². The van der Waals surface area contributed by atoms with Crippen molar-refractivity contribution in [2.45, 2.75) is 13.5 Å². The fraction of sp³-hybridized carbons (Fsp3) is 0.450. The Morgan fingerprint density at radius 2 is 1.96 bits per heavy atom. The molecule has 2 aromatic rings. The highest BCUT2D eigenvalue weighted by Crippen LogP contribution is 2.12. The molecule has 1 saturated heterocycles. The smallest absolute Gasteiger partial charge is 0.236 e. The Hall–Kier alpha value is -2.45. The standard InChI is InChI=1S/C20H27N5O2S/c1-2-23(15-19(26)22-14-17-6-5-13-28-17)16-20(27)25-11-9-24(10-12-25)18-7-3-4-8-21-18/h3-8,13H,2,9-12,14-16H2,1H3,(H,22,26). The third-order valence-electron chi connectivity index (χ3n) is 4.82. The highest BCUT2D eigenvalue weighted by Gasteiger charge is 2.23. The number of piperazine rings is 1. The van der Waals surface area contributed by atoms with Gasteiger partial charge in [-0.15, -0.1) is 11.3 Å². The summed E-state index contributed by atoms with van der Waals surface area (Å²) in [4.78, 5) is 36.3. The van der Waals surface area contributed by atoms with E-state index in [9.17, 15) is 9.59 Å².